The van der Waals surface area contributed by atoms with Crippen molar-refractivity contribution in [3.63, 3.8) is 0 Å². The zero-order valence-corrected chi connectivity index (χ0v) is 16.5. The van der Waals surface area contributed by atoms with Crippen molar-refractivity contribution in [2.45, 2.75) is 25.4 Å². The maximum Gasteiger partial charge on any atom is 0.313 e. The fourth-order valence-corrected chi connectivity index (χ4v) is 4.14. The molecule has 1 heterocycles. The number of halogens is 3. The molecule has 4 unspecified atom stereocenters. The van der Waals surface area contributed by atoms with Crippen molar-refractivity contribution in [3.8, 4) is 0 Å². The van der Waals surface area contributed by atoms with E-state index in [2.05, 4.69) is 6.08 Å². The summed E-state index contributed by atoms with van der Waals surface area (Å²) in [4.78, 5) is 11.7. The van der Waals surface area contributed by atoms with Crippen molar-refractivity contribution >= 4 is 40.8 Å². The molecular formula is C21H19Cl3O2. The number of ether oxygens (including phenoxy) is 1. The summed E-state index contributed by atoms with van der Waals surface area (Å²) in [6, 6.07) is 15.0. The Kier molecular flexibility index (Phi) is 6.29. The van der Waals surface area contributed by atoms with Gasteiger partial charge in [0.2, 0.25) is 0 Å². The van der Waals surface area contributed by atoms with Crippen molar-refractivity contribution in [2.75, 3.05) is 0 Å². The van der Waals surface area contributed by atoms with Gasteiger partial charge in [-0.1, -0.05) is 71.2 Å². The standard InChI is InChI=1S/C15H14Cl2O2.C6H5Cl/c1-8-13-6-9(2-4-12(13)15(18)19-8)11-5-3-10(16)7-14(11)17;7-6-4-2-1-3-5-6/h2-5,7-9,12-13H,6H2,1H3;1-5H. The Balaban J connectivity index is 0.000000236. The molecule has 2 nitrogen and oxygen atoms in total. The fraction of sp³-hybridized carbons (Fsp3) is 0.286. The highest BCUT2D eigenvalue weighted by atomic mass is 35.5. The highest BCUT2D eigenvalue weighted by molar-refractivity contribution is 6.35. The van der Waals surface area contributed by atoms with Gasteiger partial charge in [0.05, 0.1) is 5.92 Å². The third kappa shape index (κ3) is 4.43. The van der Waals surface area contributed by atoms with Crippen molar-refractivity contribution in [3.05, 3.63) is 81.3 Å². The lowest BCUT2D eigenvalue weighted by atomic mass is 9.76. The minimum absolute atomic E-state index is 0.0176. The second-order valence-electron chi connectivity index (χ2n) is 6.52. The van der Waals surface area contributed by atoms with Crippen LogP contribution in [0.2, 0.25) is 15.1 Å². The Morgan fingerprint density at radius 2 is 1.69 bits per heavy atom. The molecule has 4 atom stereocenters. The van der Waals surface area contributed by atoms with Crippen LogP contribution in [-0.2, 0) is 9.53 Å². The number of hydrogen-bond acceptors (Lipinski definition) is 2. The number of benzene rings is 2. The molecule has 2 aromatic rings. The van der Waals surface area contributed by atoms with Crippen LogP contribution in [0.5, 0.6) is 0 Å². The lowest BCUT2D eigenvalue weighted by Crippen LogP contribution is -2.23. The Morgan fingerprint density at radius 1 is 0.962 bits per heavy atom. The summed E-state index contributed by atoms with van der Waals surface area (Å²) < 4.78 is 5.30. The second-order valence-corrected chi connectivity index (χ2v) is 7.80. The van der Waals surface area contributed by atoms with Crippen LogP contribution in [0.3, 0.4) is 0 Å². The molecule has 0 radical (unpaired) electrons. The smallest absolute Gasteiger partial charge is 0.313 e. The average Bonchev–Trinajstić information content (AvgIpc) is 2.90. The molecule has 4 rings (SSSR count). The molecule has 2 aliphatic rings. The number of esters is 1. The second kappa shape index (κ2) is 8.47. The zero-order valence-electron chi connectivity index (χ0n) is 14.2. The molecule has 2 aromatic carbocycles. The summed E-state index contributed by atoms with van der Waals surface area (Å²) in [6.45, 7) is 1.96. The summed E-state index contributed by atoms with van der Waals surface area (Å²) >= 11 is 17.7. The summed E-state index contributed by atoms with van der Waals surface area (Å²) in [5, 5.41) is 2.11. The molecule has 26 heavy (non-hydrogen) atoms. The summed E-state index contributed by atoms with van der Waals surface area (Å²) in [5.41, 5.74) is 1.06. The average molecular weight is 410 g/mol. The summed E-state index contributed by atoms with van der Waals surface area (Å²) in [7, 11) is 0. The minimum Gasteiger partial charge on any atom is -0.462 e. The molecule has 1 aliphatic heterocycles. The first-order valence-corrected chi connectivity index (χ1v) is 9.63. The molecule has 0 spiro atoms. The molecule has 0 saturated carbocycles. The van der Waals surface area contributed by atoms with E-state index in [9.17, 15) is 4.79 Å². The van der Waals surface area contributed by atoms with Crippen molar-refractivity contribution < 1.29 is 9.53 Å². The zero-order chi connectivity index (χ0) is 18.7. The van der Waals surface area contributed by atoms with Crippen LogP contribution in [0.15, 0.2) is 60.7 Å². The minimum atomic E-state index is -0.102. The number of cyclic esters (lactones) is 1. The van der Waals surface area contributed by atoms with E-state index in [-0.39, 0.29) is 29.8 Å². The molecule has 136 valence electrons. The lowest BCUT2D eigenvalue weighted by Gasteiger charge is -2.26. The largest absolute Gasteiger partial charge is 0.462 e. The summed E-state index contributed by atoms with van der Waals surface area (Å²) in [6.07, 6.45) is 4.90. The third-order valence-corrected chi connectivity index (χ3v) is 5.62. The van der Waals surface area contributed by atoms with Crippen molar-refractivity contribution in [2.24, 2.45) is 11.8 Å². The number of carbonyl (C=O) groups is 1. The van der Waals surface area contributed by atoms with Crippen molar-refractivity contribution in [1.29, 1.82) is 0 Å². The molecule has 0 N–H and O–H groups in total. The predicted octanol–water partition coefficient (Wildman–Crippen LogP) is 6.55. The Morgan fingerprint density at radius 3 is 2.31 bits per heavy atom. The van der Waals surface area contributed by atoms with Crippen LogP contribution in [-0.4, -0.2) is 12.1 Å². The third-order valence-electron chi connectivity index (χ3n) is 4.81. The van der Waals surface area contributed by atoms with E-state index in [0.29, 0.717) is 10.0 Å². The van der Waals surface area contributed by atoms with E-state index in [0.717, 1.165) is 17.0 Å². The molecule has 1 aliphatic carbocycles. The molecule has 0 bridgehead atoms. The van der Waals surface area contributed by atoms with E-state index in [1.165, 1.54) is 0 Å². The number of carbonyl (C=O) groups excluding carboxylic acids is 1. The van der Waals surface area contributed by atoms with Crippen LogP contribution in [0.25, 0.3) is 0 Å². The molecule has 5 heteroatoms. The van der Waals surface area contributed by atoms with E-state index >= 15 is 0 Å². The number of hydrogen-bond donors (Lipinski definition) is 0. The first kappa shape index (κ1) is 19.3. The van der Waals surface area contributed by atoms with Gasteiger partial charge in [0, 0.05) is 26.9 Å². The van der Waals surface area contributed by atoms with Gasteiger partial charge in [0.15, 0.2) is 0 Å². The van der Waals surface area contributed by atoms with Crippen molar-refractivity contribution in [1.82, 2.24) is 0 Å². The number of allylic oxidation sites excluding steroid dienone is 1. The fourth-order valence-electron chi connectivity index (χ4n) is 3.45. The van der Waals surface area contributed by atoms with E-state index in [1.54, 1.807) is 6.07 Å². The summed E-state index contributed by atoms with van der Waals surface area (Å²) in [5.74, 6) is 0.281. The SMILES string of the molecule is CC1OC(=O)C2C=CC(c3ccc(Cl)cc3Cl)CC12.Clc1ccccc1. The molecule has 0 amide bonds. The van der Waals surface area contributed by atoms with E-state index in [1.807, 2.05) is 55.5 Å². The van der Waals surface area contributed by atoms with Crippen LogP contribution in [0, 0.1) is 11.8 Å². The molecule has 0 aromatic heterocycles. The van der Waals surface area contributed by atoms with Crippen LogP contribution in [0.4, 0.5) is 0 Å². The van der Waals surface area contributed by atoms with Gasteiger partial charge < -0.3 is 4.74 Å². The van der Waals surface area contributed by atoms with Gasteiger partial charge in [-0.2, -0.15) is 0 Å². The molecule has 1 saturated heterocycles. The maximum atomic E-state index is 11.7. The van der Waals surface area contributed by atoms with E-state index < -0.39 is 0 Å². The maximum absolute atomic E-state index is 11.7. The van der Waals surface area contributed by atoms with Crippen LogP contribution in [0.1, 0.15) is 24.8 Å². The predicted molar refractivity (Wildman–Crippen MR) is 107 cm³/mol. The Hall–Kier alpha value is -1.48. The highest BCUT2D eigenvalue weighted by Crippen LogP contribution is 2.43. The van der Waals surface area contributed by atoms with Gasteiger partial charge in [0.1, 0.15) is 6.10 Å². The van der Waals surface area contributed by atoms with Crippen LogP contribution < -0.4 is 0 Å². The van der Waals surface area contributed by atoms with E-state index in [4.69, 9.17) is 39.5 Å². The Labute approximate surface area is 168 Å². The quantitative estimate of drug-likeness (QED) is 0.394. The first-order valence-electron chi connectivity index (χ1n) is 8.50. The molecular weight excluding hydrogens is 391 g/mol. The molecule has 1 fully saturated rings. The monoisotopic (exact) mass is 408 g/mol. The van der Waals surface area contributed by atoms with Gasteiger partial charge in [-0.25, -0.2) is 0 Å². The normalized spacial score (nSPS) is 26.5. The number of fused-ring (bicyclic) bond motifs is 1. The first-order chi connectivity index (χ1) is 12.5. The van der Waals surface area contributed by atoms with Gasteiger partial charge in [0.25, 0.3) is 0 Å². The van der Waals surface area contributed by atoms with Gasteiger partial charge in [-0.3, -0.25) is 4.79 Å². The van der Waals surface area contributed by atoms with Gasteiger partial charge >= 0.3 is 5.97 Å². The van der Waals surface area contributed by atoms with Gasteiger partial charge in [-0.15, -0.1) is 0 Å². The van der Waals surface area contributed by atoms with Gasteiger partial charge in [-0.05, 0) is 43.2 Å². The van der Waals surface area contributed by atoms with Crippen LogP contribution >= 0.6 is 34.8 Å². The Bertz CT molecular complexity index is 804. The highest BCUT2D eigenvalue weighted by Gasteiger charge is 2.43. The lowest BCUT2D eigenvalue weighted by molar-refractivity contribution is -0.142. The number of rotatable bonds is 1. The topological polar surface area (TPSA) is 26.3 Å².